The van der Waals surface area contributed by atoms with Gasteiger partial charge >= 0.3 is 0 Å². The molecule has 0 unspecified atom stereocenters. The predicted octanol–water partition coefficient (Wildman–Crippen LogP) is 3.11. The van der Waals surface area contributed by atoms with Gasteiger partial charge in [0.2, 0.25) is 5.75 Å². The first-order chi connectivity index (χ1) is 14.2. The zero-order valence-electron chi connectivity index (χ0n) is 17.5. The molecule has 158 valence electrons. The second-order valence-electron chi connectivity index (χ2n) is 6.82. The molecule has 0 amide bonds. The third-order valence-electron chi connectivity index (χ3n) is 5.06. The smallest absolute Gasteiger partial charge is 0.203 e. The molecule has 1 aromatic heterocycles. The lowest BCUT2D eigenvalue weighted by molar-refractivity contribution is 0.323. The van der Waals surface area contributed by atoms with E-state index in [-0.39, 0.29) is 0 Å². The van der Waals surface area contributed by atoms with Crippen molar-refractivity contribution in [2.45, 2.75) is 25.4 Å². The van der Waals surface area contributed by atoms with Gasteiger partial charge in [-0.05, 0) is 48.1 Å². The maximum absolute atomic E-state index is 5.43. The summed E-state index contributed by atoms with van der Waals surface area (Å²) in [5.74, 6) is 2.69. The Morgan fingerprint density at radius 3 is 2.34 bits per heavy atom. The Morgan fingerprint density at radius 2 is 1.83 bits per heavy atom. The molecule has 1 aliphatic heterocycles. The second-order valence-corrected chi connectivity index (χ2v) is 7.74. The number of rotatable bonds is 7. The van der Waals surface area contributed by atoms with E-state index in [1.165, 1.54) is 5.00 Å². The van der Waals surface area contributed by atoms with Crippen LogP contribution < -0.4 is 29.7 Å². The standard InChI is InChI=1S/C21H30N4O3S/c1-22-21(24-16-7-9-25(10-8-16)19-6-5-11-29-19)23-14-15-12-17(26-2)20(28-4)18(13-15)27-3/h5-6,11-13,16H,7-10,14H2,1-4H3,(H2,22,23,24). The van der Waals surface area contributed by atoms with Crippen LogP contribution in [-0.2, 0) is 6.54 Å². The molecule has 0 bridgehead atoms. The number of benzene rings is 1. The first-order valence-corrected chi connectivity index (χ1v) is 10.6. The molecule has 2 aromatic rings. The fourth-order valence-corrected chi connectivity index (χ4v) is 4.29. The van der Waals surface area contributed by atoms with E-state index in [0.717, 1.165) is 37.5 Å². The van der Waals surface area contributed by atoms with Gasteiger partial charge in [0.05, 0.1) is 26.3 Å². The average molecular weight is 419 g/mol. The van der Waals surface area contributed by atoms with Gasteiger partial charge in [0.15, 0.2) is 17.5 Å². The quantitative estimate of drug-likeness (QED) is 0.532. The molecule has 0 spiro atoms. The summed E-state index contributed by atoms with van der Waals surface area (Å²) in [5.41, 5.74) is 1.02. The number of piperidine rings is 1. The first kappa shape index (κ1) is 21.1. The molecule has 0 saturated carbocycles. The van der Waals surface area contributed by atoms with E-state index >= 15 is 0 Å². The predicted molar refractivity (Wildman–Crippen MR) is 119 cm³/mol. The third kappa shape index (κ3) is 5.26. The van der Waals surface area contributed by atoms with Crippen molar-refractivity contribution in [3.8, 4) is 17.2 Å². The Hall–Kier alpha value is -2.61. The lowest BCUT2D eigenvalue weighted by Gasteiger charge is -2.33. The molecule has 0 radical (unpaired) electrons. The molecule has 3 rings (SSSR count). The highest BCUT2D eigenvalue weighted by molar-refractivity contribution is 7.14. The lowest BCUT2D eigenvalue weighted by Crippen LogP contribution is -2.48. The van der Waals surface area contributed by atoms with E-state index in [1.54, 1.807) is 39.7 Å². The van der Waals surface area contributed by atoms with Gasteiger partial charge in [-0.15, -0.1) is 11.3 Å². The number of nitrogens with zero attached hydrogens (tertiary/aromatic N) is 2. The van der Waals surface area contributed by atoms with Crippen LogP contribution in [-0.4, -0.2) is 53.5 Å². The van der Waals surface area contributed by atoms with Crippen molar-refractivity contribution in [2.24, 2.45) is 4.99 Å². The summed E-state index contributed by atoms with van der Waals surface area (Å²) in [7, 11) is 6.65. The van der Waals surface area contributed by atoms with Crippen molar-refractivity contribution in [1.29, 1.82) is 0 Å². The Morgan fingerprint density at radius 1 is 1.14 bits per heavy atom. The molecule has 2 heterocycles. The second kappa shape index (κ2) is 10.2. The van der Waals surface area contributed by atoms with Crippen LogP contribution in [0.15, 0.2) is 34.6 Å². The largest absolute Gasteiger partial charge is 0.493 e. The van der Waals surface area contributed by atoms with Gasteiger partial charge in [-0.25, -0.2) is 0 Å². The summed E-state index contributed by atoms with van der Waals surface area (Å²) in [4.78, 5) is 6.83. The number of hydrogen-bond donors (Lipinski definition) is 2. The van der Waals surface area contributed by atoms with Crippen molar-refractivity contribution >= 4 is 22.3 Å². The van der Waals surface area contributed by atoms with Crippen molar-refractivity contribution in [2.75, 3.05) is 46.4 Å². The van der Waals surface area contributed by atoms with E-state index in [9.17, 15) is 0 Å². The van der Waals surface area contributed by atoms with E-state index in [2.05, 4.69) is 38.0 Å². The van der Waals surface area contributed by atoms with E-state index < -0.39 is 0 Å². The SMILES string of the molecule is CN=C(NCc1cc(OC)c(OC)c(OC)c1)NC1CCN(c2cccs2)CC1. The molecular weight excluding hydrogens is 388 g/mol. The van der Waals surface area contributed by atoms with Crippen molar-refractivity contribution in [3.05, 3.63) is 35.2 Å². The van der Waals surface area contributed by atoms with Crippen LogP contribution in [0.1, 0.15) is 18.4 Å². The number of hydrogen-bond acceptors (Lipinski definition) is 6. The Kier molecular flexibility index (Phi) is 7.46. The molecule has 7 nitrogen and oxygen atoms in total. The average Bonchev–Trinajstić information content (AvgIpc) is 3.31. The fourth-order valence-electron chi connectivity index (χ4n) is 3.51. The number of nitrogens with one attached hydrogen (secondary N) is 2. The van der Waals surface area contributed by atoms with Crippen LogP contribution in [0, 0.1) is 0 Å². The molecule has 29 heavy (non-hydrogen) atoms. The van der Waals surface area contributed by atoms with Gasteiger partial charge < -0.3 is 29.7 Å². The Bertz CT molecular complexity index is 777. The molecule has 0 aliphatic carbocycles. The molecule has 1 aromatic carbocycles. The molecule has 1 aliphatic rings. The topological polar surface area (TPSA) is 67.4 Å². The maximum Gasteiger partial charge on any atom is 0.203 e. The molecule has 8 heteroatoms. The molecule has 0 atom stereocenters. The number of anilines is 1. The summed E-state index contributed by atoms with van der Waals surface area (Å²) >= 11 is 1.80. The van der Waals surface area contributed by atoms with Gasteiger partial charge in [0.25, 0.3) is 0 Å². The van der Waals surface area contributed by atoms with Crippen LogP contribution >= 0.6 is 11.3 Å². The number of ether oxygens (including phenoxy) is 3. The Labute approximate surface area is 176 Å². The molecule has 2 N–H and O–H groups in total. The van der Waals surface area contributed by atoms with Gasteiger partial charge in [-0.3, -0.25) is 4.99 Å². The highest BCUT2D eigenvalue weighted by Crippen LogP contribution is 2.38. The minimum absolute atomic E-state index is 0.414. The van der Waals surface area contributed by atoms with E-state index in [1.807, 2.05) is 12.1 Å². The minimum atomic E-state index is 0.414. The van der Waals surface area contributed by atoms with Crippen molar-refractivity contribution in [3.63, 3.8) is 0 Å². The summed E-state index contributed by atoms with van der Waals surface area (Å²) in [6.45, 7) is 2.72. The first-order valence-electron chi connectivity index (χ1n) is 9.73. The summed E-state index contributed by atoms with van der Waals surface area (Å²) in [6.07, 6.45) is 2.17. The van der Waals surface area contributed by atoms with Crippen LogP contribution in [0.3, 0.4) is 0 Å². The van der Waals surface area contributed by atoms with Crippen LogP contribution in [0.2, 0.25) is 0 Å². The van der Waals surface area contributed by atoms with Crippen LogP contribution in [0.4, 0.5) is 5.00 Å². The fraction of sp³-hybridized carbons (Fsp3) is 0.476. The Balaban J connectivity index is 1.55. The highest BCUT2D eigenvalue weighted by Gasteiger charge is 2.21. The normalized spacial score (nSPS) is 15.2. The van der Waals surface area contributed by atoms with Gasteiger partial charge in [0.1, 0.15) is 0 Å². The van der Waals surface area contributed by atoms with E-state index in [0.29, 0.717) is 29.8 Å². The summed E-state index contributed by atoms with van der Waals surface area (Å²) in [6, 6.07) is 8.61. The van der Waals surface area contributed by atoms with Crippen molar-refractivity contribution < 1.29 is 14.2 Å². The van der Waals surface area contributed by atoms with Gasteiger partial charge in [-0.2, -0.15) is 0 Å². The number of guanidine groups is 1. The van der Waals surface area contributed by atoms with Gasteiger partial charge in [0, 0.05) is 32.7 Å². The summed E-state index contributed by atoms with van der Waals surface area (Å²) in [5, 5.41) is 10.4. The zero-order valence-corrected chi connectivity index (χ0v) is 18.3. The van der Waals surface area contributed by atoms with E-state index in [4.69, 9.17) is 14.2 Å². The minimum Gasteiger partial charge on any atom is -0.493 e. The number of aliphatic imine (C=N–C) groups is 1. The maximum atomic E-state index is 5.43. The molecule has 1 saturated heterocycles. The number of thiophene rings is 1. The lowest BCUT2D eigenvalue weighted by atomic mass is 10.1. The highest BCUT2D eigenvalue weighted by atomic mass is 32.1. The van der Waals surface area contributed by atoms with Gasteiger partial charge in [-0.1, -0.05) is 0 Å². The van der Waals surface area contributed by atoms with Crippen molar-refractivity contribution in [1.82, 2.24) is 10.6 Å². The molecule has 1 fully saturated rings. The third-order valence-corrected chi connectivity index (χ3v) is 5.99. The van der Waals surface area contributed by atoms with Crippen LogP contribution in [0.25, 0.3) is 0 Å². The summed E-state index contributed by atoms with van der Waals surface area (Å²) < 4.78 is 16.3. The monoisotopic (exact) mass is 418 g/mol. The van der Waals surface area contributed by atoms with Crippen LogP contribution in [0.5, 0.6) is 17.2 Å². The molecular formula is C21H30N4O3S. The zero-order chi connectivity index (χ0) is 20.6. The number of methoxy groups -OCH3 is 3.